The van der Waals surface area contributed by atoms with Crippen molar-refractivity contribution in [3.8, 4) is 0 Å². The van der Waals surface area contributed by atoms with Gasteiger partial charge in [-0.1, -0.05) is 6.58 Å². The Bertz CT molecular complexity index is 803. The van der Waals surface area contributed by atoms with Gasteiger partial charge in [-0.15, -0.1) is 11.3 Å². The molecule has 0 saturated carbocycles. The van der Waals surface area contributed by atoms with Crippen LogP contribution in [0.4, 0.5) is 16.2 Å². The van der Waals surface area contributed by atoms with Gasteiger partial charge in [-0.3, -0.25) is 9.89 Å². The topological polar surface area (TPSA) is 57.6 Å². The van der Waals surface area contributed by atoms with Crippen molar-refractivity contribution in [1.82, 2.24) is 4.98 Å². The number of rotatable bonds is 3. The Morgan fingerprint density at radius 3 is 3.10 bits per heavy atom. The fraction of sp³-hybridized carbons (Fsp3) is 0.133. The van der Waals surface area contributed by atoms with E-state index in [0.717, 1.165) is 26.5 Å². The first-order chi connectivity index (χ1) is 10.2. The smallest absolute Gasteiger partial charge is 0.305 e. The van der Waals surface area contributed by atoms with Gasteiger partial charge in [-0.25, -0.2) is 9.78 Å². The number of allylic oxidation sites excluding steroid dienone is 1. The second-order valence-corrected chi connectivity index (χ2v) is 5.68. The normalized spacial score (nSPS) is 14.9. The van der Waals surface area contributed by atoms with Crippen LogP contribution >= 0.6 is 11.3 Å². The van der Waals surface area contributed by atoms with E-state index >= 15 is 0 Å². The quantitative estimate of drug-likeness (QED) is 0.686. The average molecular weight is 298 g/mol. The molecule has 0 aliphatic carbocycles. The van der Waals surface area contributed by atoms with E-state index in [4.69, 9.17) is 0 Å². The Kier molecular flexibility index (Phi) is 3.31. The molecule has 0 spiro atoms. The molecule has 0 bridgehead atoms. The molecule has 106 valence electrons. The van der Waals surface area contributed by atoms with E-state index in [1.165, 1.54) is 0 Å². The number of nitrogens with one attached hydrogen (secondary N) is 1. The number of nitrogens with zero attached hydrogens (tertiary/aromatic N) is 3. The predicted octanol–water partition coefficient (Wildman–Crippen LogP) is 4.07. The largest absolute Gasteiger partial charge is 0.331 e. The van der Waals surface area contributed by atoms with Crippen molar-refractivity contribution < 1.29 is 4.79 Å². The Hall–Kier alpha value is -2.47. The Balaban J connectivity index is 2.26. The highest BCUT2D eigenvalue weighted by Crippen LogP contribution is 2.43. The number of urea groups is 1. The van der Waals surface area contributed by atoms with Crippen molar-refractivity contribution >= 4 is 45.2 Å². The van der Waals surface area contributed by atoms with E-state index in [-0.39, 0.29) is 6.03 Å². The lowest BCUT2D eigenvalue weighted by Gasteiger charge is -2.28. The van der Waals surface area contributed by atoms with Crippen molar-refractivity contribution in [2.24, 2.45) is 4.99 Å². The Morgan fingerprint density at radius 1 is 1.57 bits per heavy atom. The van der Waals surface area contributed by atoms with Gasteiger partial charge in [0.25, 0.3) is 0 Å². The van der Waals surface area contributed by atoms with Crippen LogP contribution in [0.3, 0.4) is 0 Å². The number of aliphatic imine (C=N–C) groups is 1. The molecule has 2 aromatic rings. The number of hydrogen-bond donors (Lipinski definition) is 1. The van der Waals surface area contributed by atoms with Gasteiger partial charge in [0.2, 0.25) is 0 Å². The van der Waals surface area contributed by atoms with Crippen LogP contribution in [0, 0.1) is 6.92 Å². The number of hydrogen-bond acceptors (Lipinski definition) is 4. The van der Waals surface area contributed by atoms with Gasteiger partial charge in [-0.05, 0) is 26.0 Å². The van der Waals surface area contributed by atoms with Crippen molar-refractivity contribution in [1.29, 1.82) is 0 Å². The molecule has 1 N–H and O–H groups in total. The SMILES string of the molecule is C=C/C(=C\N=C/C)N1C(=O)Nc2c(C)sc3nccc1c23. The lowest BCUT2D eigenvalue weighted by atomic mass is 10.1. The molecule has 5 nitrogen and oxygen atoms in total. The van der Waals surface area contributed by atoms with E-state index in [2.05, 4.69) is 21.9 Å². The number of anilines is 2. The Morgan fingerprint density at radius 2 is 2.38 bits per heavy atom. The predicted molar refractivity (Wildman–Crippen MR) is 88.3 cm³/mol. The van der Waals surface area contributed by atoms with E-state index in [1.807, 2.05) is 19.9 Å². The minimum absolute atomic E-state index is 0.214. The van der Waals surface area contributed by atoms with Gasteiger partial charge in [0.15, 0.2) is 0 Å². The molecule has 3 rings (SSSR count). The molecule has 1 aliphatic heterocycles. The highest BCUT2D eigenvalue weighted by molar-refractivity contribution is 7.19. The maximum atomic E-state index is 12.5. The van der Waals surface area contributed by atoms with Gasteiger partial charge in [-0.2, -0.15) is 0 Å². The molecule has 0 unspecified atom stereocenters. The second-order valence-electron chi connectivity index (χ2n) is 4.47. The van der Waals surface area contributed by atoms with Gasteiger partial charge < -0.3 is 5.32 Å². The highest BCUT2D eigenvalue weighted by atomic mass is 32.1. The fourth-order valence-corrected chi connectivity index (χ4v) is 3.30. The number of carbonyl (C=O) groups excluding carboxylic acids is 1. The molecule has 1 aliphatic rings. The summed E-state index contributed by atoms with van der Waals surface area (Å²) in [7, 11) is 0. The van der Waals surface area contributed by atoms with Crippen molar-refractivity contribution in [2.75, 3.05) is 10.2 Å². The van der Waals surface area contributed by atoms with Gasteiger partial charge in [0, 0.05) is 17.3 Å². The third kappa shape index (κ3) is 2.04. The minimum Gasteiger partial charge on any atom is -0.305 e. The molecule has 0 aromatic carbocycles. The maximum Gasteiger partial charge on any atom is 0.331 e. The molecule has 0 fully saturated rings. The van der Waals surface area contributed by atoms with E-state index in [1.54, 1.807) is 40.9 Å². The number of aryl methyl sites for hydroxylation is 1. The molecular formula is C15H14N4OS. The minimum atomic E-state index is -0.214. The average Bonchev–Trinajstić information content (AvgIpc) is 2.79. The van der Waals surface area contributed by atoms with Crippen LogP contribution in [-0.2, 0) is 0 Å². The summed E-state index contributed by atoms with van der Waals surface area (Å²) < 4.78 is 0. The van der Waals surface area contributed by atoms with Crippen LogP contribution in [0.5, 0.6) is 0 Å². The summed E-state index contributed by atoms with van der Waals surface area (Å²) >= 11 is 1.57. The summed E-state index contributed by atoms with van der Waals surface area (Å²) in [6.45, 7) is 7.57. The zero-order valence-electron chi connectivity index (χ0n) is 11.8. The highest BCUT2D eigenvalue weighted by Gasteiger charge is 2.30. The molecular weight excluding hydrogens is 284 g/mol. The van der Waals surface area contributed by atoms with Crippen LogP contribution in [0.1, 0.15) is 11.8 Å². The molecule has 0 radical (unpaired) electrons. The van der Waals surface area contributed by atoms with Crippen LogP contribution in [-0.4, -0.2) is 17.2 Å². The van der Waals surface area contributed by atoms with Crippen molar-refractivity contribution in [3.63, 3.8) is 0 Å². The summed E-state index contributed by atoms with van der Waals surface area (Å²) in [5.41, 5.74) is 2.27. The first-order valence-electron chi connectivity index (χ1n) is 6.47. The summed E-state index contributed by atoms with van der Waals surface area (Å²) in [6, 6.07) is 1.62. The lowest BCUT2D eigenvalue weighted by Crippen LogP contribution is -2.36. The van der Waals surface area contributed by atoms with Gasteiger partial charge in [0.1, 0.15) is 4.83 Å². The van der Waals surface area contributed by atoms with Crippen LogP contribution in [0.15, 0.2) is 41.8 Å². The molecule has 3 heterocycles. The third-order valence-corrected chi connectivity index (χ3v) is 4.26. The van der Waals surface area contributed by atoms with Crippen molar-refractivity contribution in [3.05, 3.63) is 41.7 Å². The fourth-order valence-electron chi connectivity index (χ4n) is 2.34. The standard InChI is InChI=1S/C15H14N4OS/c1-4-10(8-16-5-2)19-11-6-7-17-14-12(11)13(9(3)21-14)18-15(19)20/h4-8H,1H2,2-3H3,(H,18,20)/b10-8+,16-5-. The van der Waals surface area contributed by atoms with Crippen LogP contribution < -0.4 is 10.2 Å². The first-order valence-corrected chi connectivity index (χ1v) is 7.28. The van der Waals surface area contributed by atoms with Crippen molar-refractivity contribution in [2.45, 2.75) is 13.8 Å². The van der Waals surface area contributed by atoms with Gasteiger partial charge in [0.05, 0.1) is 28.7 Å². The molecule has 2 amide bonds. The zero-order chi connectivity index (χ0) is 15.0. The molecule has 0 saturated heterocycles. The number of thiophene rings is 1. The lowest BCUT2D eigenvalue weighted by molar-refractivity contribution is 0.258. The number of pyridine rings is 1. The Labute approximate surface area is 126 Å². The monoisotopic (exact) mass is 298 g/mol. The summed E-state index contributed by atoms with van der Waals surface area (Å²) in [6.07, 6.45) is 6.60. The zero-order valence-corrected chi connectivity index (χ0v) is 12.6. The van der Waals surface area contributed by atoms with Gasteiger partial charge >= 0.3 is 6.03 Å². The van der Waals surface area contributed by atoms with E-state index < -0.39 is 0 Å². The van der Waals surface area contributed by atoms with Crippen LogP contribution in [0.2, 0.25) is 0 Å². The van der Waals surface area contributed by atoms with Crippen LogP contribution in [0.25, 0.3) is 10.2 Å². The number of carbonyl (C=O) groups is 1. The second kappa shape index (κ2) is 5.14. The molecule has 2 aromatic heterocycles. The third-order valence-electron chi connectivity index (χ3n) is 3.25. The van der Waals surface area contributed by atoms with E-state index in [0.29, 0.717) is 5.70 Å². The molecule has 6 heteroatoms. The van der Waals surface area contributed by atoms with E-state index in [9.17, 15) is 4.79 Å². The molecule has 21 heavy (non-hydrogen) atoms. The molecule has 0 atom stereocenters. The summed E-state index contributed by atoms with van der Waals surface area (Å²) in [5, 5.41) is 3.90. The first kappa shape index (κ1) is 13.5. The summed E-state index contributed by atoms with van der Waals surface area (Å²) in [5.74, 6) is 0. The summed E-state index contributed by atoms with van der Waals surface area (Å²) in [4.78, 5) is 24.5. The maximum absolute atomic E-state index is 12.5. The number of aromatic nitrogens is 1. The number of amides is 2.